The molecule has 6 aromatic rings. The number of benzene rings is 6. The Labute approximate surface area is 411 Å². The average molecular weight is 989 g/mol. The van der Waals surface area contributed by atoms with Gasteiger partial charge >= 0.3 is 24.3 Å². The number of hydrogen-bond acceptors (Lipinski definition) is 7. The number of alkyl halides is 6. The monoisotopic (exact) mass is 988 g/mol. The molecule has 0 aromatic heterocycles. The summed E-state index contributed by atoms with van der Waals surface area (Å²) in [5.74, 6) is -2.02. The van der Waals surface area contributed by atoms with Crippen molar-refractivity contribution in [3.63, 3.8) is 0 Å². The van der Waals surface area contributed by atoms with Crippen molar-refractivity contribution in [1.29, 1.82) is 0 Å². The van der Waals surface area contributed by atoms with Gasteiger partial charge in [-0.1, -0.05) is 72.8 Å². The number of halogens is 6. The first-order valence-corrected chi connectivity index (χ1v) is 23.8. The molecule has 6 atom stereocenters. The number of amides is 2. The topological polar surface area (TPSA) is 128 Å². The smallest absolute Gasteiger partial charge is 0.416 e. The van der Waals surface area contributed by atoms with E-state index in [2.05, 4.69) is 28.8 Å². The molecule has 4 aliphatic rings. The van der Waals surface area contributed by atoms with Gasteiger partial charge in [-0.3, -0.25) is 20.2 Å². The van der Waals surface area contributed by atoms with Gasteiger partial charge in [0.1, 0.15) is 0 Å². The molecular formula is C56H50F6N4O6. The maximum absolute atomic E-state index is 13.7. The number of carboxylic acids is 1. The second-order valence-electron chi connectivity index (χ2n) is 18.3. The molecule has 16 heteroatoms. The number of carbonyl (C=O) groups is 4. The molecule has 2 fully saturated rings. The highest BCUT2D eigenvalue weighted by Gasteiger charge is 2.45. The van der Waals surface area contributed by atoms with E-state index in [1.165, 1.54) is 58.0 Å². The maximum Gasteiger partial charge on any atom is 0.416 e. The number of ether oxygens (including phenoxy) is 1. The molecule has 3 N–H and O–H groups in total. The average Bonchev–Trinajstić information content (AvgIpc) is 4.15. The molecule has 72 heavy (non-hydrogen) atoms. The first-order valence-electron chi connectivity index (χ1n) is 23.8. The second-order valence-corrected chi connectivity index (χ2v) is 18.3. The van der Waals surface area contributed by atoms with Gasteiger partial charge in [-0.2, -0.15) is 26.3 Å². The van der Waals surface area contributed by atoms with Crippen molar-refractivity contribution in [2.45, 2.75) is 94.1 Å². The van der Waals surface area contributed by atoms with Crippen LogP contribution in [0.3, 0.4) is 0 Å². The van der Waals surface area contributed by atoms with Gasteiger partial charge in [0, 0.05) is 23.5 Å². The van der Waals surface area contributed by atoms with E-state index in [9.17, 15) is 50.6 Å². The summed E-state index contributed by atoms with van der Waals surface area (Å²) in [6.45, 7) is 1.96. The highest BCUT2D eigenvalue weighted by Crippen LogP contribution is 2.43. The number of esters is 1. The van der Waals surface area contributed by atoms with Crippen LogP contribution >= 0.6 is 0 Å². The van der Waals surface area contributed by atoms with Crippen LogP contribution in [-0.2, 0) is 39.5 Å². The van der Waals surface area contributed by atoms with Crippen LogP contribution in [0.1, 0.15) is 122 Å². The van der Waals surface area contributed by atoms with Gasteiger partial charge in [-0.05, 0) is 152 Å². The lowest BCUT2D eigenvalue weighted by atomic mass is 9.99. The van der Waals surface area contributed by atoms with E-state index < -0.39 is 59.6 Å². The molecule has 0 radical (unpaired) electrons. The number of anilines is 2. The second kappa shape index (κ2) is 20.4. The minimum absolute atomic E-state index is 0.00120. The van der Waals surface area contributed by atoms with Crippen molar-refractivity contribution in [3.8, 4) is 0 Å². The third-order valence-corrected chi connectivity index (χ3v) is 13.9. The highest BCUT2D eigenvalue weighted by atomic mass is 19.4. The van der Waals surface area contributed by atoms with E-state index in [0.717, 1.165) is 61.1 Å². The summed E-state index contributed by atoms with van der Waals surface area (Å²) in [6, 6.07) is 36.5. The summed E-state index contributed by atoms with van der Waals surface area (Å²) < 4.78 is 83.9. The molecule has 2 heterocycles. The van der Waals surface area contributed by atoms with Gasteiger partial charge in [-0.25, -0.2) is 9.59 Å². The lowest BCUT2D eigenvalue weighted by Crippen LogP contribution is -2.40. The van der Waals surface area contributed by atoms with Gasteiger partial charge in [0.2, 0.25) is 11.8 Å². The third-order valence-electron chi connectivity index (χ3n) is 13.9. The largest absolute Gasteiger partial charge is 0.478 e. The number of aromatic carboxylic acids is 1. The first-order chi connectivity index (χ1) is 34.5. The van der Waals surface area contributed by atoms with E-state index in [1.807, 2.05) is 36.4 Å². The van der Waals surface area contributed by atoms with Gasteiger partial charge < -0.3 is 19.6 Å². The molecule has 0 bridgehead atoms. The molecule has 10 nitrogen and oxygen atoms in total. The van der Waals surface area contributed by atoms with Crippen molar-refractivity contribution >= 4 is 35.1 Å². The molecule has 2 saturated heterocycles. The van der Waals surface area contributed by atoms with Gasteiger partial charge in [0.25, 0.3) is 0 Å². The van der Waals surface area contributed by atoms with E-state index >= 15 is 0 Å². The Kier molecular flexibility index (Phi) is 14.1. The summed E-state index contributed by atoms with van der Waals surface area (Å²) in [6.07, 6.45) is -4.64. The van der Waals surface area contributed by atoms with E-state index in [-0.39, 0.29) is 36.1 Å². The van der Waals surface area contributed by atoms with Crippen molar-refractivity contribution in [3.05, 3.63) is 201 Å². The summed E-state index contributed by atoms with van der Waals surface area (Å²) >= 11 is 0. The van der Waals surface area contributed by atoms with Gasteiger partial charge in [0.15, 0.2) is 0 Å². The van der Waals surface area contributed by atoms with Crippen molar-refractivity contribution in [2.24, 2.45) is 0 Å². The zero-order valence-corrected chi connectivity index (χ0v) is 38.9. The van der Waals surface area contributed by atoms with Crippen LogP contribution in [0.15, 0.2) is 146 Å². The predicted octanol–water partition coefficient (Wildman–Crippen LogP) is 11.5. The van der Waals surface area contributed by atoms with Crippen LogP contribution in [-0.4, -0.2) is 47.6 Å². The summed E-state index contributed by atoms with van der Waals surface area (Å²) in [5.41, 5.74) is 5.74. The van der Waals surface area contributed by atoms with Crippen molar-refractivity contribution in [2.75, 3.05) is 16.4 Å². The Morgan fingerprint density at radius 2 is 0.986 bits per heavy atom. The number of carboxylic acid groups (broad SMARTS) is 1. The minimum Gasteiger partial charge on any atom is -0.478 e. The Balaban J connectivity index is 0.000000178. The number of fused-ring (bicyclic) bond motifs is 2. The summed E-state index contributed by atoms with van der Waals surface area (Å²) in [4.78, 5) is 54.3. The number of aryl methyl sites for hydroxylation is 2. The molecular weight excluding hydrogens is 939 g/mol. The molecule has 0 unspecified atom stereocenters. The normalized spacial score (nSPS) is 21.5. The Hall–Kier alpha value is -7.30. The van der Waals surface area contributed by atoms with Crippen LogP contribution in [0.25, 0.3) is 0 Å². The van der Waals surface area contributed by atoms with Crippen LogP contribution in [0, 0.1) is 0 Å². The zero-order valence-electron chi connectivity index (χ0n) is 38.9. The maximum atomic E-state index is 13.7. The number of hydrogen-bond donors (Lipinski definition) is 3. The fourth-order valence-corrected chi connectivity index (χ4v) is 10.5. The summed E-state index contributed by atoms with van der Waals surface area (Å²) in [7, 11) is 0. The third kappa shape index (κ3) is 10.4. The predicted molar refractivity (Wildman–Crippen MR) is 257 cm³/mol. The SMILES string of the molecule is CCOC(=O)c1cccc([C@H]2C[C@@H](N[C@@H]3CCc4ccccc43)C(=O)N2c2ccc(C(F)(F)F)cc2)c1.O=C(O)c1cccc([C@H]2C[C@@H](N[C@@H]3CCc4ccccc43)C(=O)N2c2ccc(C(F)(F)F)cc2)c1. The van der Waals surface area contributed by atoms with Crippen LogP contribution < -0.4 is 20.4 Å². The van der Waals surface area contributed by atoms with Crippen molar-refractivity contribution < 1.29 is 55.4 Å². The molecule has 10 rings (SSSR count). The molecule has 2 aliphatic heterocycles. The molecule has 6 aromatic carbocycles. The first kappa shape index (κ1) is 49.7. The zero-order chi connectivity index (χ0) is 50.9. The number of nitrogens with zero attached hydrogens (tertiary/aromatic N) is 2. The molecule has 2 amide bonds. The molecule has 372 valence electrons. The lowest BCUT2D eigenvalue weighted by Gasteiger charge is -2.26. The van der Waals surface area contributed by atoms with Crippen LogP contribution in [0.4, 0.5) is 37.7 Å². The number of rotatable bonds is 11. The number of nitrogens with one attached hydrogen (secondary N) is 2. The number of carbonyl (C=O) groups excluding carboxylic acids is 3. The highest BCUT2D eigenvalue weighted by molar-refractivity contribution is 6.01. The molecule has 2 aliphatic carbocycles. The van der Waals surface area contributed by atoms with Gasteiger partial charge in [-0.15, -0.1) is 0 Å². The Morgan fingerprint density at radius 1 is 0.569 bits per heavy atom. The van der Waals surface area contributed by atoms with E-state index in [0.29, 0.717) is 35.3 Å². The van der Waals surface area contributed by atoms with E-state index in [4.69, 9.17) is 4.74 Å². The summed E-state index contributed by atoms with van der Waals surface area (Å²) in [5, 5.41) is 16.4. The quantitative estimate of drug-likeness (QED) is 0.0865. The molecule has 0 spiro atoms. The van der Waals surface area contributed by atoms with Crippen molar-refractivity contribution in [1.82, 2.24) is 10.6 Å². The Morgan fingerprint density at radius 3 is 1.40 bits per heavy atom. The lowest BCUT2D eigenvalue weighted by molar-refractivity contribution is -0.138. The van der Waals surface area contributed by atoms with E-state index in [1.54, 1.807) is 42.2 Å². The Bertz CT molecular complexity index is 2980. The fraction of sp³-hybridized carbons (Fsp3) is 0.286. The van der Waals surface area contributed by atoms with Crippen LogP contribution in [0.5, 0.6) is 0 Å². The van der Waals surface area contributed by atoms with Gasteiger partial charge in [0.05, 0.1) is 53.0 Å². The molecule has 0 saturated carbocycles. The van der Waals surface area contributed by atoms with Crippen LogP contribution in [0.2, 0.25) is 0 Å². The fourth-order valence-electron chi connectivity index (χ4n) is 10.5. The standard InChI is InChI=1S/C29H27F3N2O3.C27H23F3N2O3/c1-2-37-28(36)20-8-5-7-19(16-20)26-17-25(33-24-15-10-18-6-3-4-9-23(18)24)27(35)34(26)22-13-11-21(12-14-22)29(30,31)32;28-27(29,30)19-9-11-20(12-10-19)32-24(17-5-3-6-18(14-17)26(34)35)15-23(25(32)33)31-22-13-8-16-4-1-2-7-21(16)22/h3-9,11-14,16,24-26,33H,2,10,15,17H2,1H3;1-7,9-12,14,22-24,31H,8,13,15H2,(H,34,35)/t24-,25-,26-;22-,23-,24-/m11/s1. The minimum atomic E-state index is -4.48.